The van der Waals surface area contributed by atoms with Crippen molar-refractivity contribution in [2.24, 2.45) is 5.92 Å². The first-order chi connectivity index (χ1) is 8.74. The molecule has 2 rings (SSSR count). The van der Waals surface area contributed by atoms with Crippen molar-refractivity contribution >= 4 is 5.91 Å². The maximum atomic E-state index is 12.2. The lowest BCUT2D eigenvalue weighted by Gasteiger charge is -2.16. The van der Waals surface area contributed by atoms with Gasteiger partial charge in [0.25, 0.3) is 5.91 Å². The second-order valence-electron chi connectivity index (χ2n) is 4.51. The minimum absolute atomic E-state index is 0.00518. The van der Waals surface area contributed by atoms with E-state index in [2.05, 4.69) is 4.98 Å². The van der Waals surface area contributed by atoms with E-state index in [0.717, 1.165) is 25.9 Å². The summed E-state index contributed by atoms with van der Waals surface area (Å²) >= 11 is 0. The van der Waals surface area contributed by atoms with Gasteiger partial charge in [-0.25, -0.2) is 4.98 Å². The van der Waals surface area contributed by atoms with Crippen LogP contribution in [0.5, 0.6) is 5.88 Å². The van der Waals surface area contributed by atoms with Crippen molar-refractivity contribution in [1.29, 1.82) is 0 Å². The van der Waals surface area contributed by atoms with Gasteiger partial charge in [-0.05, 0) is 24.8 Å². The van der Waals surface area contributed by atoms with Gasteiger partial charge in [0.1, 0.15) is 0 Å². The minimum atomic E-state index is 0.00518. The number of ether oxygens (including phenoxy) is 1. The van der Waals surface area contributed by atoms with Gasteiger partial charge in [0, 0.05) is 32.0 Å². The number of aliphatic hydroxyl groups is 1. The molecule has 0 aromatic carbocycles. The third kappa shape index (κ3) is 2.79. The Labute approximate surface area is 106 Å². The molecule has 5 nitrogen and oxygen atoms in total. The summed E-state index contributed by atoms with van der Waals surface area (Å²) in [6.45, 7) is 1.68. The Hall–Kier alpha value is -1.62. The van der Waals surface area contributed by atoms with Crippen LogP contribution in [0.2, 0.25) is 0 Å². The van der Waals surface area contributed by atoms with E-state index in [4.69, 9.17) is 9.84 Å². The van der Waals surface area contributed by atoms with E-state index in [0.29, 0.717) is 17.4 Å². The van der Waals surface area contributed by atoms with Crippen molar-refractivity contribution in [1.82, 2.24) is 9.88 Å². The summed E-state index contributed by atoms with van der Waals surface area (Å²) in [4.78, 5) is 18.0. The van der Waals surface area contributed by atoms with Crippen LogP contribution in [0.3, 0.4) is 0 Å². The van der Waals surface area contributed by atoms with Gasteiger partial charge in [-0.3, -0.25) is 4.79 Å². The zero-order valence-electron chi connectivity index (χ0n) is 10.5. The number of rotatable bonds is 4. The molecule has 1 atom stereocenters. The standard InChI is InChI=1S/C13H18N2O3/c1-18-12-3-2-11(8-14-12)13(17)15-6-4-10(9-15)5-7-16/h2-3,8,10,16H,4-7,9H2,1H3. The number of carbonyl (C=O) groups is 1. The second kappa shape index (κ2) is 5.82. The van der Waals surface area contributed by atoms with E-state index in [9.17, 15) is 4.79 Å². The number of pyridine rings is 1. The first-order valence-electron chi connectivity index (χ1n) is 6.14. The van der Waals surface area contributed by atoms with Gasteiger partial charge in [-0.15, -0.1) is 0 Å². The van der Waals surface area contributed by atoms with Crippen LogP contribution in [0.1, 0.15) is 23.2 Å². The number of hydrogen-bond donors (Lipinski definition) is 1. The van der Waals surface area contributed by atoms with Gasteiger partial charge < -0.3 is 14.7 Å². The molecule has 1 aromatic heterocycles. The highest BCUT2D eigenvalue weighted by atomic mass is 16.5. The number of likely N-dealkylation sites (tertiary alicyclic amines) is 1. The Balaban J connectivity index is 1.98. The molecule has 1 unspecified atom stereocenters. The van der Waals surface area contributed by atoms with Crippen LogP contribution in [0.15, 0.2) is 18.3 Å². The number of methoxy groups -OCH3 is 1. The predicted molar refractivity (Wildman–Crippen MR) is 66.5 cm³/mol. The molecule has 1 aliphatic rings. The maximum Gasteiger partial charge on any atom is 0.255 e. The Morgan fingerprint density at radius 1 is 1.61 bits per heavy atom. The van der Waals surface area contributed by atoms with Crippen LogP contribution in [-0.4, -0.2) is 47.7 Å². The van der Waals surface area contributed by atoms with E-state index in [-0.39, 0.29) is 12.5 Å². The SMILES string of the molecule is COc1ccc(C(=O)N2CCC(CCO)C2)cn1. The Kier molecular flexibility index (Phi) is 4.15. The Bertz CT molecular complexity index is 405. The van der Waals surface area contributed by atoms with Crippen molar-refractivity contribution in [3.8, 4) is 5.88 Å². The van der Waals surface area contributed by atoms with Crippen LogP contribution in [-0.2, 0) is 0 Å². The van der Waals surface area contributed by atoms with E-state index in [1.807, 2.05) is 4.90 Å². The van der Waals surface area contributed by atoms with Crippen LogP contribution >= 0.6 is 0 Å². The van der Waals surface area contributed by atoms with E-state index in [1.54, 1.807) is 25.4 Å². The third-order valence-corrected chi connectivity index (χ3v) is 3.30. The molecule has 1 aliphatic heterocycles. The summed E-state index contributed by atoms with van der Waals surface area (Å²) < 4.78 is 4.96. The molecular weight excluding hydrogens is 232 g/mol. The molecule has 1 saturated heterocycles. The van der Waals surface area contributed by atoms with Gasteiger partial charge in [0.15, 0.2) is 0 Å². The van der Waals surface area contributed by atoms with Gasteiger partial charge in [0.05, 0.1) is 12.7 Å². The van der Waals surface area contributed by atoms with E-state index >= 15 is 0 Å². The fraction of sp³-hybridized carbons (Fsp3) is 0.538. The lowest BCUT2D eigenvalue weighted by atomic mass is 10.1. The van der Waals surface area contributed by atoms with Crippen molar-refractivity contribution in [2.45, 2.75) is 12.8 Å². The molecule has 5 heteroatoms. The summed E-state index contributed by atoms with van der Waals surface area (Å²) in [5.74, 6) is 0.932. The summed E-state index contributed by atoms with van der Waals surface area (Å²) in [6, 6.07) is 3.42. The number of nitrogens with zero attached hydrogens (tertiary/aromatic N) is 2. The molecule has 1 fully saturated rings. The van der Waals surface area contributed by atoms with Crippen LogP contribution in [0.4, 0.5) is 0 Å². The molecule has 18 heavy (non-hydrogen) atoms. The largest absolute Gasteiger partial charge is 0.481 e. The smallest absolute Gasteiger partial charge is 0.255 e. The number of carbonyl (C=O) groups excluding carboxylic acids is 1. The molecular formula is C13H18N2O3. The van der Waals surface area contributed by atoms with Crippen LogP contribution < -0.4 is 4.74 Å². The Morgan fingerprint density at radius 2 is 2.44 bits per heavy atom. The first kappa shape index (κ1) is 12.8. The third-order valence-electron chi connectivity index (χ3n) is 3.30. The molecule has 0 aliphatic carbocycles. The monoisotopic (exact) mass is 250 g/mol. The summed E-state index contributed by atoms with van der Waals surface area (Å²) in [7, 11) is 1.55. The first-order valence-corrected chi connectivity index (χ1v) is 6.14. The lowest BCUT2D eigenvalue weighted by Crippen LogP contribution is -2.28. The van der Waals surface area contributed by atoms with Gasteiger partial charge >= 0.3 is 0 Å². The quantitative estimate of drug-likeness (QED) is 0.863. The molecule has 1 N–H and O–H groups in total. The van der Waals surface area contributed by atoms with E-state index in [1.165, 1.54) is 0 Å². The fourth-order valence-corrected chi connectivity index (χ4v) is 2.25. The maximum absolute atomic E-state index is 12.2. The Morgan fingerprint density at radius 3 is 3.06 bits per heavy atom. The molecule has 1 amide bonds. The zero-order valence-corrected chi connectivity index (χ0v) is 10.5. The number of aliphatic hydroxyl groups excluding tert-OH is 1. The second-order valence-corrected chi connectivity index (χ2v) is 4.51. The lowest BCUT2D eigenvalue weighted by molar-refractivity contribution is 0.0784. The van der Waals surface area contributed by atoms with Gasteiger partial charge in [-0.2, -0.15) is 0 Å². The average molecular weight is 250 g/mol. The normalized spacial score (nSPS) is 19.0. The van der Waals surface area contributed by atoms with E-state index < -0.39 is 0 Å². The minimum Gasteiger partial charge on any atom is -0.481 e. The molecule has 2 heterocycles. The highest BCUT2D eigenvalue weighted by molar-refractivity contribution is 5.94. The summed E-state index contributed by atoms with van der Waals surface area (Å²) in [5, 5.41) is 8.90. The molecule has 0 bridgehead atoms. The topological polar surface area (TPSA) is 62.7 Å². The molecule has 0 radical (unpaired) electrons. The molecule has 0 spiro atoms. The fourth-order valence-electron chi connectivity index (χ4n) is 2.25. The number of aromatic nitrogens is 1. The number of amides is 1. The van der Waals surface area contributed by atoms with Crippen LogP contribution in [0.25, 0.3) is 0 Å². The van der Waals surface area contributed by atoms with Crippen LogP contribution in [0, 0.1) is 5.92 Å². The highest BCUT2D eigenvalue weighted by Crippen LogP contribution is 2.21. The molecule has 0 saturated carbocycles. The average Bonchev–Trinajstić information content (AvgIpc) is 2.87. The van der Waals surface area contributed by atoms with Gasteiger partial charge in [0.2, 0.25) is 5.88 Å². The number of hydrogen-bond acceptors (Lipinski definition) is 4. The van der Waals surface area contributed by atoms with Crippen molar-refractivity contribution < 1.29 is 14.6 Å². The van der Waals surface area contributed by atoms with Crippen molar-refractivity contribution in [2.75, 3.05) is 26.8 Å². The molecule has 98 valence electrons. The van der Waals surface area contributed by atoms with Crippen molar-refractivity contribution in [3.05, 3.63) is 23.9 Å². The molecule has 1 aromatic rings. The highest BCUT2D eigenvalue weighted by Gasteiger charge is 2.26. The predicted octanol–water partition coefficient (Wildman–Crippen LogP) is 0.935. The zero-order chi connectivity index (χ0) is 13.0. The summed E-state index contributed by atoms with van der Waals surface area (Å²) in [6.07, 6.45) is 3.28. The summed E-state index contributed by atoms with van der Waals surface area (Å²) in [5.41, 5.74) is 0.584. The van der Waals surface area contributed by atoms with Crippen molar-refractivity contribution in [3.63, 3.8) is 0 Å². The van der Waals surface area contributed by atoms with Gasteiger partial charge in [-0.1, -0.05) is 0 Å².